The second kappa shape index (κ2) is 11.6. The summed E-state index contributed by atoms with van der Waals surface area (Å²) in [5.74, 6) is 1.31. The lowest BCUT2D eigenvalue weighted by Crippen LogP contribution is -2.44. The van der Waals surface area contributed by atoms with Gasteiger partial charge < -0.3 is 19.9 Å². The summed E-state index contributed by atoms with van der Waals surface area (Å²) < 4.78 is 5.46. The first-order valence-corrected chi connectivity index (χ1v) is 13.2. The molecule has 7 nitrogen and oxygen atoms in total. The molecule has 192 valence electrons. The molecule has 5 rings (SSSR count). The SMILES string of the molecule is COc1cccc(-c2nc3nc(NCCCN4CCN(C)CC4)ncc3cc2-c2c(Cl)cccc2Cl)c1. The van der Waals surface area contributed by atoms with E-state index in [0.29, 0.717) is 21.6 Å². The molecule has 2 aromatic heterocycles. The van der Waals surface area contributed by atoms with E-state index in [-0.39, 0.29) is 0 Å². The number of benzene rings is 2. The minimum absolute atomic E-state index is 0.553. The standard InChI is InChI=1S/C28H30Cl2N6O/c1-35-12-14-36(15-13-35)11-5-10-31-28-32-18-20-17-22(25-23(29)8-4-9-24(25)30)26(33-27(20)34-28)19-6-3-7-21(16-19)37-2/h3-4,6-9,16-18H,5,10-15H2,1-2H3,(H,31,32,33,34). The molecule has 0 radical (unpaired) electrons. The van der Waals surface area contributed by atoms with E-state index in [1.54, 1.807) is 13.3 Å². The van der Waals surface area contributed by atoms with Crippen molar-refractivity contribution in [2.45, 2.75) is 6.42 Å². The highest BCUT2D eigenvalue weighted by Crippen LogP contribution is 2.41. The van der Waals surface area contributed by atoms with E-state index in [1.807, 2.05) is 48.5 Å². The first-order valence-electron chi connectivity index (χ1n) is 12.4. The highest BCUT2D eigenvalue weighted by molar-refractivity contribution is 6.39. The van der Waals surface area contributed by atoms with Crippen molar-refractivity contribution in [2.24, 2.45) is 0 Å². The first kappa shape index (κ1) is 25.7. The van der Waals surface area contributed by atoms with Crippen LogP contribution in [0.5, 0.6) is 5.75 Å². The summed E-state index contributed by atoms with van der Waals surface area (Å²) in [6.07, 6.45) is 2.82. The highest BCUT2D eigenvalue weighted by atomic mass is 35.5. The fourth-order valence-electron chi connectivity index (χ4n) is 4.56. The Labute approximate surface area is 227 Å². The highest BCUT2D eigenvalue weighted by Gasteiger charge is 2.18. The van der Waals surface area contributed by atoms with Crippen molar-refractivity contribution in [2.75, 3.05) is 58.7 Å². The van der Waals surface area contributed by atoms with Crippen LogP contribution in [0.2, 0.25) is 10.0 Å². The number of halogens is 2. The Morgan fingerprint density at radius 3 is 2.49 bits per heavy atom. The molecule has 0 saturated carbocycles. The van der Waals surface area contributed by atoms with Crippen LogP contribution in [-0.2, 0) is 0 Å². The third-order valence-corrected chi connectivity index (χ3v) is 7.30. The van der Waals surface area contributed by atoms with Gasteiger partial charge in [-0.1, -0.05) is 41.4 Å². The number of methoxy groups -OCH3 is 1. The van der Waals surface area contributed by atoms with Crippen LogP contribution >= 0.6 is 23.2 Å². The van der Waals surface area contributed by atoms with Gasteiger partial charge >= 0.3 is 0 Å². The molecule has 0 aliphatic carbocycles. The van der Waals surface area contributed by atoms with Gasteiger partial charge in [0.05, 0.1) is 12.8 Å². The van der Waals surface area contributed by atoms with Crippen LogP contribution in [-0.4, -0.2) is 78.2 Å². The summed E-state index contributed by atoms with van der Waals surface area (Å²) in [5.41, 5.74) is 3.74. The summed E-state index contributed by atoms with van der Waals surface area (Å²) in [6, 6.07) is 15.3. The van der Waals surface area contributed by atoms with Crippen molar-refractivity contribution < 1.29 is 4.74 Å². The Morgan fingerprint density at radius 1 is 0.973 bits per heavy atom. The first-order chi connectivity index (χ1) is 18.0. The molecule has 1 aliphatic heterocycles. The number of pyridine rings is 1. The Balaban J connectivity index is 1.44. The average molecular weight is 537 g/mol. The average Bonchev–Trinajstić information content (AvgIpc) is 2.91. The third kappa shape index (κ3) is 5.96. The summed E-state index contributed by atoms with van der Waals surface area (Å²) in [7, 11) is 3.82. The van der Waals surface area contributed by atoms with E-state index in [9.17, 15) is 0 Å². The molecule has 37 heavy (non-hydrogen) atoms. The Hall–Kier alpha value is -2.97. The molecule has 1 saturated heterocycles. The fraction of sp³-hybridized carbons (Fsp3) is 0.321. The van der Waals surface area contributed by atoms with Crippen LogP contribution in [0, 0.1) is 0 Å². The van der Waals surface area contributed by atoms with Crippen molar-refractivity contribution >= 4 is 40.2 Å². The van der Waals surface area contributed by atoms with Gasteiger partial charge in [-0.2, -0.15) is 4.98 Å². The molecule has 2 aromatic carbocycles. The third-order valence-electron chi connectivity index (χ3n) is 6.67. The van der Waals surface area contributed by atoms with E-state index in [1.165, 1.54) is 0 Å². The Kier molecular flexibility index (Phi) is 8.05. The van der Waals surface area contributed by atoms with Gasteiger partial charge in [-0.3, -0.25) is 0 Å². The summed E-state index contributed by atoms with van der Waals surface area (Å²) >= 11 is 13.2. The number of aromatic nitrogens is 3. The monoisotopic (exact) mass is 536 g/mol. The van der Waals surface area contributed by atoms with E-state index in [4.69, 9.17) is 37.9 Å². The number of nitrogens with one attached hydrogen (secondary N) is 1. The molecule has 9 heteroatoms. The lowest BCUT2D eigenvalue weighted by Gasteiger charge is -2.32. The van der Waals surface area contributed by atoms with Gasteiger partial charge in [0.2, 0.25) is 5.95 Å². The summed E-state index contributed by atoms with van der Waals surface area (Å²) in [5, 5.41) is 5.28. The number of rotatable bonds is 8. The van der Waals surface area contributed by atoms with Crippen molar-refractivity contribution in [1.82, 2.24) is 24.8 Å². The maximum absolute atomic E-state index is 6.61. The van der Waals surface area contributed by atoms with Gasteiger partial charge in [-0.25, -0.2) is 9.97 Å². The minimum atomic E-state index is 0.553. The number of hydrogen-bond donors (Lipinski definition) is 1. The van der Waals surface area contributed by atoms with Gasteiger partial charge in [0.25, 0.3) is 0 Å². The molecule has 1 N–H and O–H groups in total. The van der Waals surface area contributed by atoms with Crippen LogP contribution in [0.25, 0.3) is 33.4 Å². The normalized spacial score (nSPS) is 14.7. The van der Waals surface area contributed by atoms with Gasteiger partial charge in [0.15, 0.2) is 5.65 Å². The van der Waals surface area contributed by atoms with Crippen molar-refractivity contribution in [3.63, 3.8) is 0 Å². The number of ether oxygens (including phenoxy) is 1. The number of anilines is 1. The molecular formula is C28H30Cl2N6O. The molecule has 0 unspecified atom stereocenters. The van der Waals surface area contributed by atoms with Gasteiger partial charge in [0, 0.05) is 71.0 Å². The van der Waals surface area contributed by atoms with E-state index >= 15 is 0 Å². The molecule has 0 spiro atoms. The lowest BCUT2D eigenvalue weighted by molar-refractivity contribution is 0.154. The molecule has 0 bridgehead atoms. The summed E-state index contributed by atoms with van der Waals surface area (Å²) in [4.78, 5) is 19.1. The van der Waals surface area contributed by atoms with Gasteiger partial charge in [0.1, 0.15) is 5.75 Å². The minimum Gasteiger partial charge on any atom is -0.497 e. The van der Waals surface area contributed by atoms with Crippen molar-refractivity contribution in [3.05, 3.63) is 64.8 Å². The van der Waals surface area contributed by atoms with E-state index in [0.717, 1.165) is 79.2 Å². The number of fused-ring (bicyclic) bond motifs is 1. The Morgan fingerprint density at radius 2 is 1.73 bits per heavy atom. The number of nitrogens with zero attached hydrogens (tertiary/aromatic N) is 5. The van der Waals surface area contributed by atoms with Gasteiger partial charge in [-0.15, -0.1) is 0 Å². The number of piperazine rings is 1. The van der Waals surface area contributed by atoms with E-state index < -0.39 is 0 Å². The van der Waals surface area contributed by atoms with Gasteiger partial charge in [-0.05, 0) is 50.3 Å². The van der Waals surface area contributed by atoms with Crippen LogP contribution in [0.15, 0.2) is 54.7 Å². The molecule has 1 aliphatic rings. The lowest BCUT2D eigenvalue weighted by atomic mass is 9.98. The quantitative estimate of drug-likeness (QED) is 0.288. The predicted octanol–water partition coefficient (Wildman–Crippen LogP) is 5.72. The molecular weight excluding hydrogens is 507 g/mol. The molecule has 0 atom stereocenters. The molecule has 3 heterocycles. The molecule has 4 aromatic rings. The molecule has 1 fully saturated rings. The van der Waals surface area contributed by atoms with Crippen LogP contribution in [0.4, 0.5) is 5.95 Å². The predicted molar refractivity (Wildman–Crippen MR) is 152 cm³/mol. The smallest absolute Gasteiger partial charge is 0.224 e. The molecule has 0 amide bonds. The number of hydrogen-bond acceptors (Lipinski definition) is 7. The van der Waals surface area contributed by atoms with Crippen LogP contribution in [0.3, 0.4) is 0 Å². The Bertz CT molecular complexity index is 1370. The zero-order valence-corrected chi connectivity index (χ0v) is 22.6. The zero-order valence-electron chi connectivity index (χ0n) is 21.0. The van der Waals surface area contributed by atoms with Crippen LogP contribution < -0.4 is 10.1 Å². The zero-order chi connectivity index (χ0) is 25.8. The van der Waals surface area contributed by atoms with E-state index in [2.05, 4.69) is 27.1 Å². The largest absolute Gasteiger partial charge is 0.497 e. The summed E-state index contributed by atoms with van der Waals surface area (Å²) in [6.45, 7) is 6.37. The van der Waals surface area contributed by atoms with Crippen LogP contribution in [0.1, 0.15) is 6.42 Å². The number of likely N-dealkylation sites (N-methyl/N-ethyl adjacent to an activating group) is 1. The second-order valence-corrected chi connectivity index (χ2v) is 10.1. The maximum atomic E-state index is 6.61. The topological polar surface area (TPSA) is 66.4 Å². The van der Waals surface area contributed by atoms with Crippen molar-refractivity contribution in [3.8, 4) is 28.1 Å². The maximum Gasteiger partial charge on any atom is 0.224 e. The van der Waals surface area contributed by atoms with Crippen molar-refractivity contribution in [1.29, 1.82) is 0 Å². The second-order valence-electron chi connectivity index (χ2n) is 9.24. The fourth-order valence-corrected chi connectivity index (χ4v) is 5.16.